The number of carbonyl (C=O) groups excluding carboxylic acids is 3. The molecular formula is C17H17NO4. The Morgan fingerprint density at radius 1 is 0.955 bits per heavy atom. The zero-order valence-corrected chi connectivity index (χ0v) is 12.9. The van der Waals surface area contributed by atoms with Crippen LogP contribution < -0.4 is 4.74 Å². The summed E-state index contributed by atoms with van der Waals surface area (Å²) in [4.78, 5) is 37.9. The number of ketones is 2. The van der Waals surface area contributed by atoms with Gasteiger partial charge >= 0.3 is 5.97 Å². The van der Waals surface area contributed by atoms with Crippen LogP contribution in [0.25, 0.3) is 0 Å². The Morgan fingerprint density at radius 3 is 2.00 bits per heavy atom. The van der Waals surface area contributed by atoms with Gasteiger partial charge in [-0.05, 0) is 57.5 Å². The summed E-state index contributed by atoms with van der Waals surface area (Å²) in [5, 5.41) is 0. The molecule has 0 saturated heterocycles. The highest BCUT2D eigenvalue weighted by Crippen LogP contribution is 2.21. The average Bonchev–Trinajstić information content (AvgIpc) is 2.74. The Bertz CT molecular complexity index is 754. The van der Waals surface area contributed by atoms with Crippen LogP contribution in [0.15, 0.2) is 24.3 Å². The van der Waals surface area contributed by atoms with Crippen LogP contribution in [0.2, 0.25) is 0 Å². The van der Waals surface area contributed by atoms with Crippen LogP contribution in [-0.2, 0) is 0 Å². The van der Waals surface area contributed by atoms with E-state index >= 15 is 0 Å². The predicted molar refractivity (Wildman–Crippen MR) is 81.7 cm³/mol. The average molecular weight is 299 g/mol. The highest BCUT2D eigenvalue weighted by Gasteiger charge is 2.21. The number of hydrogen-bond acceptors (Lipinski definition) is 4. The quantitative estimate of drug-likeness (QED) is 0.534. The van der Waals surface area contributed by atoms with E-state index in [1.54, 1.807) is 38.1 Å². The maximum absolute atomic E-state index is 12.2. The third kappa shape index (κ3) is 2.98. The highest BCUT2D eigenvalue weighted by molar-refractivity contribution is 6.01. The molecule has 0 aliphatic rings. The zero-order valence-electron chi connectivity index (χ0n) is 12.9. The first-order valence-corrected chi connectivity index (χ1v) is 6.84. The van der Waals surface area contributed by atoms with Crippen molar-refractivity contribution in [3.63, 3.8) is 0 Å². The van der Waals surface area contributed by atoms with Crippen molar-refractivity contribution in [3.8, 4) is 5.75 Å². The summed E-state index contributed by atoms with van der Waals surface area (Å²) in [7, 11) is 0. The van der Waals surface area contributed by atoms with Crippen molar-refractivity contribution >= 4 is 17.5 Å². The largest absolute Gasteiger partial charge is 0.422 e. The number of ether oxygens (including phenoxy) is 1. The van der Waals surface area contributed by atoms with Crippen LogP contribution in [0.3, 0.4) is 0 Å². The first-order valence-electron chi connectivity index (χ1n) is 6.84. The number of aryl methyl sites for hydroxylation is 1. The van der Waals surface area contributed by atoms with Gasteiger partial charge in [0.15, 0.2) is 11.6 Å². The zero-order chi connectivity index (χ0) is 16.4. The molecule has 2 rings (SSSR count). The molecule has 0 aliphatic carbocycles. The standard InChI is InChI=1S/C17H17NO4/c1-9-15(12(4)20)10(2)18-16(9)17(21)22-14-7-5-13(6-8-14)11(3)19/h5-8,18H,1-4H3. The van der Waals surface area contributed by atoms with E-state index in [4.69, 9.17) is 4.74 Å². The van der Waals surface area contributed by atoms with E-state index in [-0.39, 0.29) is 17.3 Å². The van der Waals surface area contributed by atoms with Gasteiger partial charge in [0.2, 0.25) is 0 Å². The molecule has 1 aromatic heterocycles. The number of aromatic amines is 1. The fourth-order valence-electron chi connectivity index (χ4n) is 2.40. The predicted octanol–water partition coefficient (Wildman–Crippen LogP) is 3.26. The number of nitrogens with one attached hydrogen (secondary N) is 1. The van der Waals surface area contributed by atoms with Crippen molar-refractivity contribution in [1.29, 1.82) is 0 Å². The van der Waals surface area contributed by atoms with E-state index < -0.39 is 5.97 Å². The molecule has 0 amide bonds. The maximum atomic E-state index is 12.2. The minimum absolute atomic E-state index is 0.0557. The summed E-state index contributed by atoms with van der Waals surface area (Å²) in [5.41, 5.74) is 2.54. The molecule has 0 atom stereocenters. The van der Waals surface area contributed by atoms with Crippen LogP contribution >= 0.6 is 0 Å². The molecule has 1 heterocycles. The first-order chi connectivity index (χ1) is 10.3. The Hall–Kier alpha value is -2.69. The van der Waals surface area contributed by atoms with Gasteiger partial charge in [-0.1, -0.05) is 0 Å². The highest BCUT2D eigenvalue weighted by atomic mass is 16.5. The number of hydrogen-bond donors (Lipinski definition) is 1. The lowest BCUT2D eigenvalue weighted by Crippen LogP contribution is -2.11. The summed E-state index contributed by atoms with van der Waals surface area (Å²) < 4.78 is 5.27. The molecule has 0 fully saturated rings. The third-order valence-electron chi connectivity index (χ3n) is 3.47. The molecule has 0 saturated carbocycles. The molecule has 0 radical (unpaired) electrons. The molecule has 1 aromatic carbocycles. The molecule has 0 bridgehead atoms. The van der Waals surface area contributed by atoms with Gasteiger partial charge in [-0.15, -0.1) is 0 Å². The number of Topliss-reactive ketones (excluding diaryl/α,β-unsaturated/α-hetero) is 2. The van der Waals surface area contributed by atoms with Gasteiger partial charge in [-0.3, -0.25) is 9.59 Å². The SMILES string of the molecule is CC(=O)c1ccc(OC(=O)c2[nH]c(C)c(C(C)=O)c2C)cc1. The summed E-state index contributed by atoms with van der Waals surface area (Å²) in [6.07, 6.45) is 0. The van der Waals surface area contributed by atoms with Gasteiger partial charge in [-0.2, -0.15) is 0 Å². The van der Waals surface area contributed by atoms with Crippen LogP contribution in [0.4, 0.5) is 0 Å². The summed E-state index contributed by atoms with van der Waals surface area (Å²) in [6.45, 7) is 6.37. The molecule has 2 aromatic rings. The topological polar surface area (TPSA) is 76.2 Å². The van der Waals surface area contributed by atoms with E-state index in [1.165, 1.54) is 13.8 Å². The normalized spacial score (nSPS) is 10.4. The van der Waals surface area contributed by atoms with Crippen LogP contribution in [0.5, 0.6) is 5.75 Å². The number of rotatable bonds is 4. The third-order valence-corrected chi connectivity index (χ3v) is 3.47. The van der Waals surface area contributed by atoms with E-state index in [9.17, 15) is 14.4 Å². The Balaban J connectivity index is 2.24. The van der Waals surface area contributed by atoms with Gasteiger partial charge < -0.3 is 9.72 Å². The first kappa shape index (κ1) is 15.7. The molecule has 0 aliphatic heterocycles. The molecule has 114 valence electrons. The van der Waals surface area contributed by atoms with Gasteiger partial charge in [-0.25, -0.2) is 4.79 Å². The number of benzene rings is 1. The lowest BCUT2D eigenvalue weighted by Gasteiger charge is -2.04. The minimum Gasteiger partial charge on any atom is -0.422 e. The van der Waals surface area contributed by atoms with Crippen molar-refractivity contribution in [2.75, 3.05) is 0 Å². The van der Waals surface area contributed by atoms with E-state index in [2.05, 4.69) is 4.98 Å². The van der Waals surface area contributed by atoms with E-state index in [1.807, 2.05) is 0 Å². The maximum Gasteiger partial charge on any atom is 0.360 e. The van der Waals surface area contributed by atoms with Crippen molar-refractivity contribution in [2.45, 2.75) is 27.7 Å². The van der Waals surface area contributed by atoms with Crippen molar-refractivity contribution < 1.29 is 19.1 Å². The van der Waals surface area contributed by atoms with Gasteiger partial charge in [0.25, 0.3) is 0 Å². The Labute approximate surface area is 128 Å². The number of carbonyl (C=O) groups is 3. The molecule has 5 nitrogen and oxygen atoms in total. The second-order valence-electron chi connectivity index (χ2n) is 5.15. The van der Waals surface area contributed by atoms with Gasteiger partial charge in [0.05, 0.1) is 0 Å². The fraction of sp³-hybridized carbons (Fsp3) is 0.235. The van der Waals surface area contributed by atoms with Crippen LogP contribution in [-0.4, -0.2) is 22.5 Å². The molecule has 0 spiro atoms. The number of esters is 1. The minimum atomic E-state index is -0.566. The molecule has 5 heteroatoms. The van der Waals surface area contributed by atoms with Crippen molar-refractivity contribution in [1.82, 2.24) is 4.98 Å². The number of H-pyrrole nitrogens is 1. The van der Waals surface area contributed by atoms with Gasteiger partial charge in [0, 0.05) is 16.8 Å². The van der Waals surface area contributed by atoms with Gasteiger partial charge in [0.1, 0.15) is 11.4 Å². The Morgan fingerprint density at radius 2 is 1.55 bits per heavy atom. The lowest BCUT2D eigenvalue weighted by atomic mass is 10.1. The molecular weight excluding hydrogens is 282 g/mol. The second-order valence-corrected chi connectivity index (χ2v) is 5.15. The number of aromatic nitrogens is 1. The van der Waals surface area contributed by atoms with E-state index in [0.717, 1.165) is 0 Å². The monoisotopic (exact) mass is 299 g/mol. The van der Waals surface area contributed by atoms with E-state index in [0.29, 0.717) is 28.1 Å². The Kier molecular flexibility index (Phi) is 4.26. The summed E-state index contributed by atoms with van der Waals surface area (Å²) in [5.74, 6) is -0.384. The second kappa shape index (κ2) is 5.97. The summed E-state index contributed by atoms with van der Waals surface area (Å²) in [6, 6.07) is 6.31. The molecule has 1 N–H and O–H groups in total. The van der Waals surface area contributed by atoms with Crippen LogP contribution in [0, 0.1) is 13.8 Å². The summed E-state index contributed by atoms with van der Waals surface area (Å²) >= 11 is 0. The van der Waals surface area contributed by atoms with Crippen LogP contribution in [0.1, 0.15) is 56.3 Å². The fourth-order valence-corrected chi connectivity index (χ4v) is 2.40. The molecule has 0 unspecified atom stereocenters. The molecule has 22 heavy (non-hydrogen) atoms. The smallest absolute Gasteiger partial charge is 0.360 e. The van der Waals surface area contributed by atoms with Crippen molar-refractivity contribution in [2.24, 2.45) is 0 Å². The van der Waals surface area contributed by atoms with Crippen molar-refractivity contribution in [3.05, 3.63) is 52.3 Å². The lowest BCUT2D eigenvalue weighted by molar-refractivity contribution is 0.0728.